The molecule has 5 aromatic rings. The number of H-pyrrole nitrogens is 2. The molecule has 4 aromatic heterocycles. The van der Waals surface area contributed by atoms with Gasteiger partial charge in [-0.3, -0.25) is 4.79 Å². The Balaban J connectivity index is 1.77. The Morgan fingerprint density at radius 1 is 1.16 bits per heavy atom. The van der Waals surface area contributed by atoms with Crippen LogP contribution in [-0.2, 0) is 0 Å². The number of methoxy groups -OCH3 is 1. The molecule has 0 spiro atoms. The monoisotopic (exact) mass is 414 g/mol. The summed E-state index contributed by atoms with van der Waals surface area (Å²) in [4.78, 5) is 27.7. The third kappa shape index (κ3) is 3.14. The third-order valence-electron chi connectivity index (χ3n) is 5.05. The van der Waals surface area contributed by atoms with Gasteiger partial charge in [-0.2, -0.15) is 0 Å². The molecule has 0 atom stereocenters. The lowest BCUT2D eigenvalue weighted by Gasteiger charge is -2.06. The summed E-state index contributed by atoms with van der Waals surface area (Å²) in [6.07, 6.45) is 3.52. The highest BCUT2D eigenvalue weighted by molar-refractivity contribution is 5.93. The van der Waals surface area contributed by atoms with Crippen LogP contribution in [0.5, 0.6) is 11.5 Å². The molecule has 0 aliphatic rings. The van der Waals surface area contributed by atoms with Crippen molar-refractivity contribution in [1.82, 2.24) is 19.9 Å². The average Bonchev–Trinajstić information content (AvgIpc) is 3.40. The quantitative estimate of drug-likeness (QED) is 0.404. The topological polar surface area (TPSA) is 117 Å². The van der Waals surface area contributed by atoms with E-state index >= 15 is 0 Å². The van der Waals surface area contributed by atoms with Gasteiger partial charge in [0.15, 0.2) is 5.76 Å². The number of aromatic nitrogens is 4. The summed E-state index contributed by atoms with van der Waals surface area (Å²) in [5, 5.41) is 11.3. The highest BCUT2D eigenvalue weighted by Crippen LogP contribution is 2.38. The van der Waals surface area contributed by atoms with Crippen LogP contribution in [0.2, 0.25) is 0 Å². The first-order valence-corrected chi connectivity index (χ1v) is 9.56. The van der Waals surface area contributed by atoms with E-state index in [4.69, 9.17) is 14.1 Å². The van der Waals surface area contributed by atoms with Crippen LogP contribution in [0.3, 0.4) is 0 Å². The average molecular weight is 414 g/mol. The van der Waals surface area contributed by atoms with Crippen LogP contribution < -0.4 is 10.2 Å². The van der Waals surface area contributed by atoms with Crippen molar-refractivity contribution in [3.63, 3.8) is 0 Å². The van der Waals surface area contributed by atoms with E-state index in [1.54, 1.807) is 20.2 Å². The van der Waals surface area contributed by atoms with Crippen LogP contribution >= 0.6 is 0 Å². The van der Waals surface area contributed by atoms with Gasteiger partial charge in [-0.05, 0) is 43.3 Å². The SMILES string of the molecule is COc1ccc(-c2nc(-c3c[nH]c4ncccc34)[nH]c2-c2oc(C)cc(=O)c2O)cc1. The Morgan fingerprint density at radius 2 is 1.97 bits per heavy atom. The van der Waals surface area contributed by atoms with Gasteiger partial charge in [-0.25, -0.2) is 9.97 Å². The molecule has 8 nitrogen and oxygen atoms in total. The number of ether oxygens (including phenoxy) is 1. The number of rotatable bonds is 4. The van der Waals surface area contributed by atoms with Crippen molar-refractivity contribution in [2.75, 3.05) is 7.11 Å². The van der Waals surface area contributed by atoms with Gasteiger partial charge in [0.25, 0.3) is 0 Å². The molecule has 1 aromatic carbocycles. The van der Waals surface area contributed by atoms with Gasteiger partial charge in [0.1, 0.15) is 34.4 Å². The van der Waals surface area contributed by atoms with Gasteiger partial charge in [0.2, 0.25) is 11.2 Å². The molecule has 3 N–H and O–H groups in total. The van der Waals surface area contributed by atoms with E-state index in [9.17, 15) is 9.90 Å². The number of aromatic hydroxyl groups is 1. The minimum absolute atomic E-state index is 0.0348. The molecule has 31 heavy (non-hydrogen) atoms. The Morgan fingerprint density at radius 3 is 2.74 bits per heavy atom. The lowest BCUT2D eigenvalue weighted by atomic mass is 10.1. The van der Waals surface area contributed by atoms with Gasteiger partial charge < -0.3 is 24.2 Å². The lowest BCUT2D eigenvalue weighted by Crippen LogP contribution is -2.01. The van der Waals surface area contributed by atoms with E-state index in [-0.39, 0.29) is 5.76 Å². The summed E-state index contributed by atoms with van der Waals surface area (Å²) in [7, 11) is 1.59. The van der Waals surface area contributed by atoms with Crippen LogP contribution in [0.25, 0.3) is 45.1 Å². The Labute approximate surface area is 176 Å². The maximum Gasteiger partial charge on any atom is 0.227 e. The number of pyridine rings is 1. The van der Waals surface area contributed by atoms with Crippen molar-refractivity contribution in [3.8, 4) is 45.6 Å². The van der Waals surface area contributed by atoms with Crippen molar-refractivity contribution in [3.05, 3.63) is 70.8 Å². The molecular weight excluding hydrogens is 396 g/mol. The van der Waals surface area contributed by atoms with Gasteiger partial charge in [-0.15, -0.1) is 0 Å². The maximum absolute atomic E-state index is 12.2. The second-order valence-corrected chi connectivity index (χ2v) is 7.04. The first-order valence-electron chi connectivity index (χ1n) is 9.56. The fourth-order valence-corrected chi connectivity index (χ4v) is 3.55. The summed E-state index contributed by atoms with van der Waals surface area (Å²) in [5.74, 6) is 1.19. The molecule has 0 amide bonds. The van der Waals surface area contributed by atoms with Crippen LogP contribution in [-0.4, -0.2) is 32.2 Å². The predicted molar refractivity (Wildman–Crippen MR) is 116 cm³/mol. The number of nitrogens with zero attached hydrogens (tertiary/aromatic N) is 2. The summed E-state index contributed by atoms with van der Waals surface area (Å²) in [5.41, 5.74) is 2.70. The Kier molecular flexibility index (Phi) is 4.32. The highest BCUT2D eigenvalue weighted by atomic mass is 16.5. The number of aromatic amines is 2. The molecule has 0 saturated heterocycles. The normalized spacial score (nSPS) is 11.2. The van der Waals surface area contributed by atoms with Crippen molar-refractivity contribution >= 4 is 11.0 Å². The predicted octanol–water partition coefficient (Wildman–Crippen LogP) is 4.26. The summed E-state index contributed by atoms with van der Waals surface area (Å²) < 4.78 is 11.0. The van der Waals surface area contributed by atoms with Crippen LogP contribution in [0.15, 0.2) is 64.1 Å². The van der Waals surface area contributed by atoms with Gasteiger partial charge in [0, 0.05) is 35.0 Å². The number of hydrogen-bond acceptors (Lipinski definition) is 6. The molecule has 8 heteroatoms. The summed E-state index contributed by atoms with van der Waals surface area (Å²) >= 11 is 0. The second-order valence-electron chi connectivity index (χ2n) is 7.04. The fourth-order valence-electron chi connectivity index (χ4n) is 3.55. The van der Waals surface area contributed by atoms with Gasteiger partial charge in [-0.1, -0.05) is 0 Å². The van der Waals surface area contributed by atoms with E-state index in [1.807, 2.05) is 42.6 Å². The molecule has 154 valence electrons. The lowest BCUT2D eigenvalue weighted by molar-refractivity contribution is 0.415. The number of nitrogens with one attached hydrogen (secondary N) is 2. The second kappa shape index (κ2) is 7.17. The molecule has 5 rings (SSSR count). The number of aryl methyl sites for hydroxylation is 1. The molecule has 4 heterocycles. The number of hydrogen-bond donors (Lipinski definition) is 3. The zero-order valence-corrected chi connectivity index (χ0v) is 16.8. The molecule has 0 aliphatic heterocycles. The zero-order valence-electron chi connectivity index (χ0n) is 16.8. The smallest absolute Gasteiger partial charge is 0.227 e. The minimum atomic E-state index is -0.521. The minimum Gasteiger partial charge on any atom is -0.501 e. The maximum atomic E-state index is 12.2. The molecule has 0 radical (unpaired) electrons. The van der Waals surface area contributed by atoms with Crippen LogP contribution in [0.1, 0.15) is 5.76 Å². The van der Waals surface area contributed by atoms with E-state index < -0.39 is 11.2 Å². The van der Waals surface area contributed by atoms with E-state index in [0.717, 1.165) is 22.2 Å². The Bertz CT molecular complexity index is 1460. The third-order valence-corrected chi connectivity index (χ3v) is 5.05. The molecule has 0 unspecified atom stereocenters. The van der Waals surface area contributed by atoms with E-state index in [0.29, 0.717) is 28.7 Å². The largest absolute Gasteiger partial charge is 0.501 e. The first-order chi connectivity index (χ1) is 15.0. The highest BCUT2D eigenvalue weighted by Gasteiger charge is 2.23. The van der Waals surface area contributed by atoms with E-state index in [2.05, 4.69) is 15.0 Å². The zero-order chi connectivity index (χ0) is 21.5. The van der Waals surface area contributed by atoms with E-state index in [1.165, 1.54) is 6.07 Å². The fraction of sp³-hybridized carbons (Fsp3) is 0.0870. The number of benzene rings is 1. The summed E-state index contributed by atoms with van der Waals surface area (Å²) in [6, 6.07) is 12.4. The van der Waals surface area contributed by atoms with Crippen LogP contribution in [0.4, 0.5) is 0 Å². The summed E-state index contributed by atoms with van der Waals surface area (Å²) in [6.45, 7) is 1.65. The number of imidazole rings is 1. The molecule has 0 bridgehead atoms. The molecule has 0 fully saturated rings. The van der Waals surface area contributed by atoms with Crippen molar-refractivity contribution in [2.45, 2.75) is 6.92 Å². The standard InChI is InChI=1S/C23H18N4O4/c1-12-10-17(28)20(29)21(31-12)19-18(13-5-7-14(30-2)8-6-13)26-23(27-19)16-11-25-22-15(16)4-3-9-24-22/h3-11,29H,1-2H3,(H,24,25)(H,26,27). The molecular formula is C23H18N4O4. The Hall–Kier alpha value is -4.33. The molecule has 0 aliphatic carbocycles. The van der Waals surface area contributed by atoms with Crippen molar-refractivity contribution in [1.29, 1.82) is 0 Å². The number of fused-ring (bicyclic) bond motifs is 1. The molecule has 0 saturated carbocycles. The van der Waals surface area contributed by atoms with Gasteiger partial charge in [0.05, 0.1) is 7.11 Å². The first kappa shape index (κ1) is 18.7. The van der Waals surface area contributed by atoms with Crippen LogP contribution in [0, 0.1) is 6.92 Å². The van der Waals surface area contributed by atoms with Crippen molar-refractivity contribution < 1.29 is 14.3 Å². The van der Waals surface area contributed by atoms with Crippen molar-refractivity contribution in [2.24, 2.45) is 0 Å². The van der Waals surface area contributed by atoms with Gasteiger partial charge >= 0.3 is 0 Å².